The molecule has 0 saturated heterocycles. The van der Waals surface area contributed by atoms with E-state index in [4.69, 9.17) is 5.73 Å². The maximum absolute atomic E-state index is 5.76. The van der Waals surface area contributed by atoms with Crippen LogP contribution in [0.25, 0.3) is 0 Å². The average molecular weight is 159 g/mol. The zero-order valence-corrected chi connectivity index (χ0v) is 7.52. The topological polar surface area (TPSA) is 26.0 Å². The third-order valence-electron chi connectivity index (χ3n) is 1.61. The summed E-state index contributed by atoms with van der Waals surface area (Å²) in [6.07, 6.45) is 0.868. The van der Waals surface area contributed by atoms with Gasteiger partial charge in [-0.3, -0.25) is 0 Å². The van der Waals surface area contributed by atoms with Gasteiger partial charge >= 0.3 is 0 Å². The van der Waals surface area contributed by atoms with Crippen LogP contribution in [0.1, 0.15) is 24.5 Å². The Morgan fingerprint density at radius 3 is 2.75 bits per heavy atom. The van der Waals surface area contributed by atoms with E-state index in [0.29, 0.717) is 0 Å². The molecule has 0 radical (unpaired) electrons. The quantitative estimate of drug-likeness (QED) is 0.456. The van der Waals surface area contributed by atoms with Crippen LogP contribution in [0.4, 0.5) is 5.69 Å². The lowest BCUT2D eigenvalue weighted by atomic mass is 10.1. The number of anilines is 1. The van der Waals surface area contributed by atoms with Crippen LogP contribution in [0.15, 0.2) is 18.2 Å². The lowest BCUT2D eigenvalue weighted by molar-refractivity contribution is 1.28. The van der Waals surface area contributed by atoms with Gasteiger partial charge in [0.1, 0.15) is 0 Å². The van der Waals surface area contributed by atoms with Crippen molar-refractivity contribution in [2.45, 2.75) is 20.3 Å². The summed E-state index contributed by atoms with van der Waals surface area (Å²) in [7, 11) is 0. The Hall–Kier alpha value is -1.42. The molecule has 1 aromatic rings. The molecule has 1 heteroatoms. The fourth-order valence-corrected chi connectivity index (χ4v) is 0.980. The number of rotatable bonds is 0. The van der Waals surface area contributed by atoms with Crippen molar-refractivity contribution in [1.29, 1.82) is 0 Å². The van der Waals surface area contributed by atoms with Crippen molar-refractivity contribution in [3.8, 4) is 11.8 Å². The summed E-state index contributed by atoms with van der Waals surface area (Å²) < 4.78 is 0. The molecule has 0 saturated carbocycles. The van der Waals surface area contributed by atoms with Gasteiger partial charge in [-0.1, -0.05) is 24.8 Å². The van der Waals surface area contributed by atoms with Crippen LogP contribution in [0, 0.1) is 18.8 Å². The Morgan fingerprint density at radius 1 is 1.42 bits per heavy atom. The highest BCUT2D eigenvalue weighted by atomic mass is 14.5. The second kappa shape index (κ2) is 3.82. The van der Waals surface area contributed by atoms with Crippen molar-refractivity contribution in [3.63, 3.8) is 0 Å². The molecule has 12 heavy (non-hydrogen) atoms. The van der Waals surface area contributed by atoms with Crippen molar-refractivity contribution >= 4 is 5.69 Å². The predicted molar refractivity (Wildman–Crippen MR) is 52.8 cm³/mol. The molecule has 0 fully saturated rings. The molecule has 0 aliphatic carbocycles. The fraction of sp³-hybridized carbons (Fsp3) is 0.273. The van der Waals surface area contributed by atoms with Crippen molar-refractivity contribution in [1.82, 2.24) is 0 Å². The van der Waals surface area contributed by atoms with E-state index >= 15 is 0 Å². The third-order valence-corrected chi connectivity index (χ3v) is 1.61. The van der Waals surface area contributed by atoms with Crippen LogP contribution < -0.4 is 5.73 Å². The summed E-state index contributed by atoms with van der Waals surface area (Å²) in [6.45, 7) is 4.05. The first kappa shape index (κ1) is 8.67. The standard InChI is InChI=1S/C11H13N/c1-3-4-5-10-7-6-9(2)8-11(10)12/h6-8H,3,12H2,1-2H3. The molecule has 1 nitrogen and oxygen atoms in total. The summed E-state index contributed by atoms with van der Waals surface area (Å²) in [4.78, 5) is 0. The van der Waals surface area contributed by atoms with Crippen LogP contribution in [0.3, 0.4) is 0 Å². The van der Waals surface area contributed by atoms with Crippen LogP contribution in [-0.2, 0) is 0 Å². The highest BCUT2D eigenvalue weighted by Gasteiger charge is 1.93. The summed E-state index contributed by atoms with van der Waals surface area (Å²) >= 11 is 0. The first-order valence-electron chi connectivity index (χ1n) is 4.09. The minimum absolute atomic E-state index is 0.774. The van der Waals surface area contributed by atoms with Crippen molar-refractivity contribution < 1.29 is 0 Å². The van der Waals surface area contributed by atoms with Gasteiger partial charge in [0, 0.05) is 17.7 Å². The van der Waals surface area contributed by atoms with E-state index in [2.05, 4.69) is 11.8 Å². The second-order valence-electron chi connectivity index (χ2n) is 2.75. The van der Waals surface area contributed by atoms with Gasteiger partial charge in [-0.25, -0.2) is 0 Å². The van der Waals surface area contributed by atoms with E-state index in [1.54, 1.807) is 0 Å². The highest BCUT2D eigenvalue weighted by Crippen LogP contribution is 2.11. The largest absolute Gasteiger partial charge is 0.398 e. The lowest BCUT2D eigenvalue weighted by Crippen LogP contribution is -1.90. The molecule has 0 heterocycles. The molecular weight excluding hydrogens is 146 g/mol. The minimum atomic E-state index is 0.774. The van der Waals surface area contributed by atoms with E-state index in [1.165, 1.54) is 5.56 Å². The minimum Gasteiger partial charge on any atom is -0.398 e. The van der Waals surface area contributed by atoms with Crippen LogP contribution in [0.2, 0.25) is 0 Å². The number of hydrogen-bond donors (Lipinski definition) is 1. The summed E-state index contributed by atoms with van der Waals surface area (Å²) in [5.41, 5.74) is 8.64. The molecular formula is C11H13N. The van der Waals surface area contributed by atoms with Gasteiger partial charge in [0.05, 0.1) is 0 Å². The Labute approximate surface area is 73.6 Å². The zero-order valence-electron chi connectivity index (χ0n) is 7.52. The van der Waals surface area contributed by atoms with E-state index in [1.807, 2.05) is 32.0 Å². The summed E-state index contributed by atoms with van der Waals surface area (Å²) in [5, 5.41) is 0. The van der Waals surface area contributed by atoms with E-state index in [0.717, 1.165) is 17.7 Å². The normalized spacial score (nSPS) is 8.83. The molecule has 0 aliphatic rings. The molecule has 0 aromatic heterocycles. The van der Waals surface area contributed by atoms with Gasteiger partial charge in [0.2, 0.25) is 0 Å². The zero-order chi connectivity index (χ0) is 8.97. The Kier molecular flexibility index (Phi) is 2.76. The van der Waals surface area contributed by atoms with Gasteiger partial charge in [-0.2, -0.15) is 0 Å². The molecule has 62 valence electrons. The molecule has 1 aromatic carbocycles. The fourth-order valence-electron chi connectivity index (χ4n) is 0.980. The highest BCUT2D eigenvalue weighted by molar-refractivity contribution is 5.57. The lowest BCUT2D eigenvalue weighted by Gasteiger charge is -1.98. The molecule has 0 atom stereocenters. The van der Waals surface area contributed by atoms with E-state index in [-0.39, 0.29) is 0 Å². The number of nitrogens with two attached hydrogens (primary N) is 1. The van der Waals surface area contributed by atoms with Crippen LogP contribution in [0.5, 0.6) is 0 Å². The third kappa shape index (κ3) is 2.03. The van der Waals surface area contributed by atoms with E-state index in [9.17, 15) is 0 Å². The molecule has 0 amide bonds. The van der Waals surface area contributed by atoms with Crippen molar-refractivity contribution in [2.75, 3.05) is 5.73 Å². The smallest absolute Gasteiger partial charge is 0.0475 e. The summed E-state index contributed by atoms with van der Waals surface area (Å²) in [5.74, 6) is 6.01. The first-order valence-corrected chi connectivity index (χ1v) is 4.09. The maximum atomic E-state index is 5.76. The monoisotopic (exact) mass is 159 g/mol. The van der Waals surface area contributed by atoms with Gasteiger partial charge in [-0.15, -0.1) is 0 Å². The molecule has 0 aliphatic heterocycles. The Bertz CT molecular complexity index is 329. The van der Waals surface area contributed by atoms with Gasteiger partial charge in [0.15, 0.2) is 0 Å². The molecule has 0 unspecified atom stereocenters. The second-order valence-corrected chi connectivity index (χ2v) is 2.75. The van der Waals surface area contributed by atoms with Crippen LogP contribution in [-0.4, -0.2) is 0 Å². The average Bonchev–Trinajstić information content (AvgIpc) is 2.03. The number of nitrogen functional groups attached to an aromatic ring is 1. The first-order chi connectivity index (χ1) is 5.74. The van der Waals surface area contributed by atoms with Crippen molar-refractivity contribution in [3.05, 3.63) is 29.3 Å². The van der Waals surface area contributed by atoms with Crippen LogP contribution >= 0.6 is 0 Å². The summed E-state index contributed by atoms with van der Waals surface area (Å²) in [6, 6.07) is 5.93. The number of aryl methyl sites for hydroxylation is 1. The van der Waals surface area contributed by atoms with E-state index < -0.39 is 0 Å². The van der Waals surface area contributed by atoms with Crippen molar-refractivity contribution in [2.24, 2.45) is 0 Å². The SMILES string of the molecule is CCC#Cc1ccc(C)cc1N. The molecule has 2 N–H and O–H groups in total. The molecule has 0 spiro atoms. The molecule has 0 bridgehead atoms. The predicted octanol–water partition coefficient (Wildman–Crippen LogP) is 2.34. The van der Waals surface area contributed by atoms with Gasteiger partial charge in [-0.05, 0) is 24.6 Å². The number of hydrogen-bond acceptors (Lipinski definition) is 1. The number of benzene rings is 1. The van der Waals surface area contributed by atoms with Gasteiger partial charge < -0.3 is 5.73 Å². The maximum Gasteiger partial charge on any atom is 0.0475 e. The van der Waals surface area contributed by atoms with Gasteiger partial charge in [0.25, 0.3) is 0 Å². The molecule has 1 rings (SSSR count). The Balaban J connectivity index is 3.01. The Morgan fingerprint density at radius 2 is 2.17 bits per heavy atom.